The molecule has 1 aromatic rings. The van der Waals surface area contributed by atoms with E-state index in [1.165, 1.54) is 24.2 Å². The highest BCUT2D eigenvalue weighted by Gasteiger charge is 2.25. The van der Waals surface area contributed by atoms with E-state index in [4.69, 9.17) is 5.73 Å². The van der Waals surface area contributed by atoms with Gasteiger partial charge in [0, 0.05) is 31.4 Å². The Hall–Kier alpha value is -0.980. The van der Waals surface area contributed by atoms with Crippen LogP contribution in [0, 0.1) is 0 Å². The Bertz CT molecular complexity index is 434. The summed E-state index contributed by atoms with van der Waals surface area (Å²) >= 11 is 1.51. The molecule has 1 fully saturated rings. The van der Waals surface area contributed by atoms with Gasteiger partial charge in [0.15, 0.2) is 0 Å². The molecule has 1 atom stereocenters. The molecule has 5 nitrogen and oxygen atoms in total. The summed E-state index contributed by atoms with van der Waals surface area (Å²) in [4.78, 5) is 20.7. The quantitative estimate of drug-likeness (QED) is 0.868. The van der Waals surface area contributed by atoms with Crippen LogP contribution in [-0.4, -0.2) is 60.5 Å². The zero-order valence-electron chi connectivity index (χ0n) is 11.6. The van der Waals surface area contributed by atoms with E-state index in [2.05, 4.69) is 16.9 Å². The van der Waals surface area contributed by atoms with E-state index in [9.17, 15) is 4.79 Å². The Kier molecular flexibility index (Phi) is 4.90. The Morgan fingerprint density at radius 2 is 2.47 bits per heavy atom. The van der Waals surface area contributed by atoms with Crippen molar-refractivity contribution in [3.63, 3.8) is 0 Å². The number of carbonyl (C=O) groups excluding carboxylic acids is 1. The van der Waals surface area contributed by atoms with Gasteiger partial charge >= 0.3 is 0 Å². The molecule has 0 bridgehead atoms. The lowest BCUT2D eigenvalue weighted by Crippen LogP contribution is -2.39. The van der Waals surface area contributed by atoms with E-state index in [0.717, 1.165) is 24.5 Å². The standard InChI is InChI=1S/C13H22N4OS/c1-16-7-3-4-10(16)8-17(2)13(18)11-9-19-12(15-11)5-6-14/h9-10H,3-8,14H2,1-2H3. The molecule has 0 aromatic carbocycles. The van der Waals surface area contributed by atoms with Crippen molar-refractivity contribution in [2.45, 2.75) is 25.3 Å². The third kappa shape index (κ3) is 3.52. The Morgan fingerprint density at radius 1 is 1.68 bits per heavy atom. The van der Waals surface area contributed by atoms with Gasteiger partial charge in [0.1, 0.15) is 5.69 Å². The fraction of sp³-hybridized carbons (Fsp3) is 0.692. The third-order valence-electron chi connectivity index (χ3n) is 3.63. The number of likely N-dealkylation sites (tertiary alicyclic amines) is 1. The van der Waals surface area contributed by atoms with E-state index >= 15 is 0 Å². The van der Waals surface area contributed by atoms with Crippen molar-refractivity contribution in [2.75, 3.05) is 33.7 Å². The van der Waals surface area contributed by atoms with Crippen molar-refractivity contribution < 1.29 is 4.79 Å². The lowest BCUT2D eigenvalue weighted by atomic mass is 10.2. The van der Waals surface area contributed by atoms with Gasteiger partial charge in [-0.1, -0.05) is 0 Å². The highest BCUT2D eigenvalue weighted by molar-refractivity contribution is 7.09. The van der Waals surface area contributed by atoms with Gasteiger partial charge in [-0.15, -0.1) is 11.3 Å². The van der Waals surface area contributed by atoms with Crippen LogP contribution in [0.15, 0.2) is 5.38 Å². The van der Waals surface area contributed by atoms with Crippen LogP contribution >= 0.6 is 11.3 Å². The zero-order chi connectivity index (χ0) is 13.8. The molecule has 106 valence electrons. The van der Waals surface area contributed by atoms with Gasteiger partial charge in [0.2, 0.25) is 0 Å². The van der Waals surface area contributed by atoms with Crippen molar-refractivity contribution in [1.29, 1.82) is 0 Å². The smallest absolute Gasteiger partial charge is 0.273 e. The number of hydrogen-bond acceptors (Lipinski definition) is 5. The highest BCUT2D eigenvalue weighted by atomic mass is 32.1. The molecule has 1 amide bonds. The summed E-state index contributed by atoms with van der Waals surface area (Å²) in [6.07, 6.45) is 3.14. The Morgan fingerprint density at radius 3 is 3.11 bits per heavy atom. The number of amides is 1. The van der Waals surface area contributed by atoms with Gasteiger partial charge < -0.3 is 15.5 Å². The molecule has 1 aromatic heterocycles. The molecule has 0 radical (unpaired) electrons. The molecular weight excluding hydrogens is 260 g/mol. The summed E-state index contributed by atoms with van der Waals surface area (Å²) in [5.41, 5.74) is 6.05. The molecule has 2 rings (SSSR count). The van der Waals surface area contributed by atoms with E-state index in [-0.39, 0.29) is 5.91 Å². The molecular formula is C13H22N4OS. The van der Waals surface area contributed by atoms with Crippen LogP contribution in [0.4, 0.5) is 0 Å². The average molecular weight is 282 g/mol. The lowest BCUT2D eigenvalue weighted by Gasteiger charge is -2.25. The van der Waals surface area contributed by atoms with Gasteiger partial charge in [-0.3, -0.25) is 4.79 Å². The minimum absolute atomic E-state index is 0.0137. The first-order chi connectivity index (χ1) is 9.11. The van der Waals surface area contributed by atoms with Crippen molar-refractivity contribution in [3.8, 4) is 0 Å². The molecule has 0 saturated carbocycles. The number of likely N-dealkylation sites (N-methyl/N-ethyl adjacent to an activating group) is 2. The van der Waals surface area contributed by atoms with Crippen LogP contribution in [0.2, 0.25) is 0 Å². The number of nitrogens with zero attached hydrogens (tertiary/aromatic N) is 3. The summed E-state index contributed by atoms with van der Waals surface area (Å²) in [5, 5.41) is 2.78. The monoisotopic (exact) mass is 282 g/mol. The number of aromatic nitrogens is 1. The predicted molar refractivity (Wildman–Crippen MR) is 77.5 cm³/mol. The average Bonchev–Trinajstić information content (AvgIpc) is 2.99. The maximum absolute atomic E-state index is 12.3. The highest BCUT2D eigenvalue weighted by Crippen LogP contribution is 2.17. The summed E-state index contributed by atoms with van der Waals surface area (Å²) in [5.74, 6) is 0.0137. The number of nitrogens with two attached hydrogens (primary N) is 1. The van der Waals surface area contributed by atoms with Crippen LogP contribution in [0.5, 0.6) is 0 Å². The van der Waals surface area contributed by atoms with Crippen LogP contribution in [0.25, 0.3) is 0 Å². The van der Waals surface area contributed by atoms with Crippen molar-refractivity contribution in [3.05, 3.63) is 16.1 Å². The van der Waals surface area contributed by atoms with Crippen molar-refractivity contribution in [2.24, 2.45) is 5.73 Å². The molecule has 2 N–H and O–H groups in total. The van der Waals surface area contributed by atoms with Gasteiger partial charge in [-0.05, 0) is 33.0 Å². The summed E-state index contributed by atoms with van der Waals surface area (Å²) in [6, 6.07) is 0.482. The maximum atomic E-state index is 12.3. The molecule has 2 heterocycles. The number of hydrogen-bond donors (Lipinski definition) is 1. The number of thiazole rings is 1. The van der Waals surface area contributed by atoms with E-state index in [1.54, 1.807) is 4.90 Å². The first-order valence-electron chi connectivity index (χ1n) is 6.72. The lowest BCUT2D eigenvalue weighted by molar-refractivity contribution is 0.0756. The molecule has 19 heavy (non-hydrogen) atoms. The second-order valence-corrected chi connectivity index (χ2v) is 6.07. The predicted octanol–water partition coefficient (Wildman–Crippen LogP) is 0.810. The van der Waals surface area contributed by atoms with Crippen LogP contribution in [0.3, 0.4) is 0 Å². The molecule has 1 saturated heterocycles. The summed E-state index contributed by atoms with van der Waals surface area (Å²) in [7, 11) is 3.98. The molecule has 1 aliphatic heterocycles. The second kappa shape index (κ2) is 6.45. The maximum Gasteiger partial charge on any atom is 0.273 e. The molecule has 1 aliphatic rings. The Labute approximate surface area is 118 Å². The zero-order valence-corrected chi connectivity index (χ0v) is 12.4. The van der Waals surface area contributed by atoms with Gasteiger partial charge in [-0.25, -0.2) is 4.98 Å². The molecule has 0 spiro atoms. The van der Waals surface area contributed by atoms with Crippen molar-refractivity contribution in [1.82, 2.24) is 14.8 Å². The van der Waals surface area contributed by atoms with E-state index in [0.29, 0.717) is 18.3 Å². The first-order valence-corrected chi connectivity index (χ1v) is 7.60. The van der Waals surface area contributed by atoms with Gasteiger partial charge in [0.05, 0.1) is 5.01 Å². The number of rotatable bonds is 5. The van der Waals surface area contributed by atoms with Crippen molar-refractivity contribution >= 4 is 17.2 Å². The normalized spacial score (nSPS) is 19.8. The largest absolute Gasteiger partial charge is 0.339 e. The molecule has 6 heteroatoms. The summed E-state index contributed by atoms with van der Waals surface area (Å²) in [6.45, 7) is 2.48. The minimum atomic E-state index is 0.0137. The fourth-order valence-electron chi connectivity index (χ4n) is 2.45. The summed E-state index contributed by atoms with van der Waals surface area (Å²) < 4.78 is 0. The van der Waals surface area contributed by atoms with Gasteiger partial charge in [-0.2, -0.15) is 0 Å². The van der Waals surface area contributed by atoms with E-state index in [1.807, 2.05) is 12.4 Å². The number of carbonyl (C=O) groups is 1. The van der Waals surface area contributed by atoms with Crippen LogP contribution < -0.4 is 5.73 Å². The second-order valence-electron chi connectivity index (χ2n) is 5.13. The Balaban J connectivity index is 1.93. The molecule has 1 unspecified atom stereocenters. The first kappa shape index (κ1) is 14.4. The van der Waals surface area contributed by atoms with E-state index < -0.39 is 0 Å². The SMILES string of the molecule is CN(CC1CCCN1C)C(=O)c1csc(CCN)n1. The third-order valence-corrected chi connectivity index (χ3v) is 4.54. The fourth-order valence-corrected chi connectivity index (χ4v) is 3.24. The van der Waals surface area contributed by atoms with Crippen LogP contribution in [-0.2, 0) is 6.42 Å². The topological polar surface area (TPSA) is 62.5 Å². The minimum Gasteiger partial charge on any atom is -0.339 e. The molecule has 0 aliphatic carbocycles. The van der Waals surface area contributed by atoms with Gasteiger partial charge in [0.25, 0.3) is 5.91 Å². The van der Waals surface area contributed by atoms with Crippen LogP contribution in [0.1, 0.15) is 28.3 Å².